The number of piperidine rings is 1. The quantitative estimate of drug-likeness (QED) is 0.891. The highest BCUT2D eigenvalue weighted by atomic mass is 19.1. The highest BCUT2D eigenvalue weighted by molar-refractivity contribution is 5.75. The average Bonchev–Trinajstić information content (AvgIpc) is 3.04. The number of hydrogen-bond acceptors (Lipinski definition) is 3. The highest BCUT2D eigenvalue weighted by Crippen LogP contribution is 2.25. The van der Waals surface area contributed by atoms with Gasteiger partial charge in [0.15, 0.2) is 0 Å². The van der Waals surface area contributed by atoms with Gasteiger partial charge in [-0.05, 0) is 56.4 Å². The van der Waals surface area contributed by atoms with E-state index in [0.29, 0.717) is 6.54 Å². The first-order chi connectivity index (χ1) is 11.6. The average molecular weight is 335 g/mol. The maximum absolute atomic E-state index is 13.3. The fourth-order valence-electron chi connectivity index (χ4n) is 3.84. The summed E-state index contributed by atoms with van der Waals surface area (Å²) in [5.41, 5.74) is 1.95. The Morgan fingerprint density at radius 3 is 2.88 bits per heavy atom. The van der Waals surface area contributed by atoms with Crippen LogP contribution in [-0.2, 0) is 0 Å². The Kier molecular flexibility index (Phi) is 5.23. The second-order valence-electron chi connectivity index (χ2n) is 6.84. The van der Waals surface area contributed by atoms with E-state index >= 15 is 0 Å². The number of carbonyl (C=O) groups excluding carboxylic acids is 1. The van der Waals surface area contributed by atoms with E-state index in [1.165, 1.54) is 6.07 Å². The van der Waals surface area contributed by atoms with E-state index in [0.717, 1.165) is 50.0 Å². The number of urea groups is 1. The number of nitrogens with one attached hydrogen (secondary N) is 1. The zero-order chi connectivity index (χ0) is 17.1. The van der Waals surface area contributed by atoms with Crippen LogP contribution in [0.1, 0.15) is 31.2 Å². The Labute approximate surface area is 142 Å². The molecule has 0 bridgehead atoms. The van der Waals surface area contributed by atoms with Gasteiger partial charge >= 0.3 is 6.03 Å². The SMILES string of the molecule is Cc1cc(F)ccc1N1CCCC(NC(=O)N2CCC[C@H]2CO)C1. The first-order valence-electron chi connectivity index (χ1n) is 8.77. The van der Waals surface area contributed by atoms with Crippen molar-refractivity contribution in [2.24, 2.45) is 0 Å². The third kappa shape index (κ3) is 3.64. The molecule has 1 unspecified atom stereocenters. The van der Waals surface area contributed by atoms with Crippen molar-refractivity contribution in [3.05, 3.63) is 29.6 Å². The predicted molar refractivity (Wildman–Crippen MR) is 91.7 cm³/mol. The zero-order valence-electron chi connectivity index (χ0n) is 14.2. The lowest BCUT2D eigenvalue weighted by Crippen LogP contribution is -2.53. The van der Waals surface area contributed by atoms with E-state index < -0.39 is 0 Å². The molecule has 2 heterocycles. The largest absolute Gasteiger partial charge is 0.394 e. The molecule has 0 radical (unpaired) electrons. The molecule has 0 aliphatic carbocycles. The number of hydrogen-bond donors (Lipinski definition) is 2. The first-order valence-corrected chi connectivity index (χ1v) is 8.77. The lowest BCUT2D eigenvalue weighted by Gasteiger charge is -2.36. The number of rotatable bonds is 3. The molecular formula is C18H26FN3O2. The molecule has 5 nitrogen and oxygen atoms in total. The van der Waals surface area contributed by atoms with Gasteiger partial charge in [0.25, 0.3) is 0 Å². The number of amides is 2. The fraction of sp³-hybridized carbons (Fsp3) is 0.611. The van der Waals surface area contributed by atoms with Crippen molar-refractivity contribution in [1.29, 1.82) is 0 Å². The second kappa shape index (κ2) is 7.38. The number of benzene rings is 1. The van der Waals surface area contributed by atoms with E-state index in [-0.39, 0.29) is 30.5 Å². The molecule has 132 valence electrons. The third-order valence-electron chi connectivity index (χ3n) is 5.10. The Morgan fingerprint density at radius 2 is 2.12 bits per heavy atom. The number of carbonyl (C=O) groups is 1. The van der Waals surface area contributed by atoms with Gasteiger partial charge in [-0.1, -0.05) is 0 Å². The number of halogens is 1. The standard InChI is InChI=1S/C18H26FN3O2/c1-13-10-14(19)6-7-17(13)21-8-2-4-15(11-21)20-18(24)22-9-3-5-16(22)12-23/h6-7,10,15-16,23H,2-5,8-9,11-12H2,1H3,(H,20,24)/t15?,16-/m0/s1. The van der Waals surface area contributed by atoms with E-state index in [9.17, 15) is 14.3 Å². The molecule has 2 atom stereocenters. The molecule has 0 saturated carbocycles. The fourth-order valence-corrected chi connectivity index (χ4v) is 3.84. The molecule has 0 spiro atoms. The predicted octanol–water partition coefficient (Wildman–Crippen LogP) is 2.27. The lowest BCUT2D eigenvalue weighted by atomic mass is 10.0. The molecule has 2 N–H and O–H groups in total. The molecule has 6 heteroatoms. The molecule has 1 aromatic rings. The monoisotopic (exact) mass is 335 g/mol. The number of likely N-dealkylation sites (tertiary alicyclic amines) is 1. The number of nitrogens with zero attached hydrogens (tertiary/aromatic N) is 2. The van der Waals surface area contributed by atoms with Crippen LogP contribution in [0.2, 0.25) is 0 Å². The molecule has 2 saturated heterocycles. The molecule has 24 heavy (non-hydrogen) atoms. The van der Waals surface area contributed by atoms with Crippen molar-refractivity contribution >= 4 is 11.7 Å². The van der Waals surface area contributed by atoms with E-state index in [4.69, 9.17) is 0 Å². The van der Waals surface area contributed by atoms with E-state index in [1.807, 2.05) is 13.0 Å². The lowest BCUT2D eigenvalue weighted by molar-refractivity contribution is 0.153. The van der Waals surface area contributed by atoms with Gasteiger partial charge in [-0.25, -0.2) is 9.18 Å². The van der Waals surface area contributed by atoms with Gasteiger partial charge in [-0.15, -0.1) is 0 Å². The van der Waals surface area contributed by atoms with Crippen molar-refractivity contribution in [1.82, 2.24) is 10.2 Å². The van der Waals surface area contributed by atoms with Gasteiger partial charge in [-0.2, -0.15) is 0 Å². The van der Waals surface area contributed by atoms with Crippen LogP contribution in [0.15, 0.2) is 18.2 Å². The molecule has 3 rings (SSSR count). The summed E-state index contributed by atoms with van der Waals surface area (Å²) in [6, 6.07) is 4.81. The van der Waals surface area contributed by atoms with Crippen molar-refractivity contribution in [2.45, 2.75) is 44.7 Å². The van der Waals surface area contributed by atoms with Gasteiger partial charge in [0.1, 0.15) is 5.82 Å². The van der Waals surface area contributed by atoms with Crippen LogP contribution >= 0.6 is 0 Å². The summed E-state index contributed by atoms with van der Waals surface area (Å²) < 4.78 is 13.3. The summed E-state index contributed by atoms with van der Waals surface area (Å²) in [5, 5.41) is 12.5. The number of aliphatic hydroxyl groups is 1. The second-order valence-corrected chi connectivity index (χ2v) is 6.84. The minimum absolute atomic E-state index is 0.0268. The van der Waals surface area contributed by atoms with Gasteiger partial charge in [0.05, 0.1) is 12.6 Å². The third-order valence-corrected chi connectivity index (χ3v) is 5.10. The smallest absolute Gasteiger partial charge is 0.318 e. The highest BCUT2D eigenvalue weighted by Gasteiger charge is 2.30. The summed E-state index contributed by atoms with van der Waals surface area (Å²) in [6.07, 6.45) is 3.75. The molecule has 2 fully saturated rings. The molecule has 2 aliphatic rings. The number of aryl methyl sites for hydroxylation is 1. The Hall–Kier alpha value is -1.82. The molecule has 2 aliphatic heterocycles. The maximum Gasteiger partial charge on any atom is 0.318 e. The maximum atomic E-state index is 13.3. The van der Waals surface area contributed by atoms with Crippen LogP contribution in [0.25, 0.3) is 0 Å². The van der Waals surface area contributed by atoms with Gasteiger partial charge in [-0.3, -0.25) is 0 Å². The Bertz CT molecular complexity index is 596. The van der Waals surface area contributed by atoms with Crippen LogP contribution < -0.4 is 10.2 Å². The van der Waals surface area contributed by atoms with E-state index in [2.05, 4.69) is 10.2 Å². The first kappa shape index (κ1) is 17.0. The normalized spacial score (nSPS) is 24.3. The van der Waals surface area contributed by atoms with Crippen molar-refractivity contribution in [3.63, 3.8) is 0 Å². The number of anilines is 1. The summed E-state index contributed by atoms with van der Waals surface area (Å²) in [5.74, 6) is -0.220. The van der Waals surface area contributed by atoms with Crippen LogP contribution in [-0.4, -0.2) is 54.4 Å². The van der Waals surface area contributed by atoms with Crippen LogP contribution in [0.4, 0.5) is 14.9 Å². The van der Waals surface area contributed by atoms with Gasteiger partial charge in [0.2, 0.25) is 0 Å². The Morgan fingerprint density at radius 1 is 1.33 bits per heavy atom. The molecule has 2 amide bonds. The van der Waals surface area contributed by atoms with Gasteiger partial charge < -0.3 is 20.2 Å². The van der Waals surface area contributed by atoms with Crippen LogP contribution in [0.3, 0.4) is 0 Å². The summed E-state index contributed by atoms with van der Waals surface area (Å²) in [7, 11) is 0. The summed E-state index contributed by atoms with van der Waals surface area (Å²) >= 11 is 0. The molecule has 1 aromatic carbocycles. The topological polar surface area (TPSA) is 55.8 Å². The van der Waals surface area contributed by atoms with Crippen LogP contribution in [0, 0.1) is 12.7 Å². The van der Waals surface area contributed by atoms with Crippen molar-refractivity contribution in [2.75, 3.05) is 31.1 Å². The summed E-state index contributed by atoms with van der Waals surface area (Å²) in [6.45, 7) is 4.30. The van der Waals surface area contributed by atoms with Gasteiger partial charge in [0, 0.05) is 31.4 Å². The zero-order valence-corrected chi connectivity index (χ0v) is 14.2. The van der Waals surface area contributed by atoms with Crippen molar-refractivity contribution in [3.8, 4) is 0 Å². The van der Waals surface area contributed by atoms with Crippen LogP contribution in [0.5, 0.6) is 0 Å². The minimum Gasteiger partial charge on any atom is -0.394 e. The molecular weight excluding hydrogens is 309 g/mol. The summed E-state index contributed by atoms with van der Waals surface area (Å²) in [4.78, 5) is 16.4. The van der Waals surface area contributed by atoms with Crippen molar-refractivity contribution < 1.29 is 14.3 Å². The van der Waals surface area contributed by atoms with E-state index in [1.54, 1.807) is 11.0 Å². The minimum atomic E-state index is -0.220. The Balaban J connectivity index is 1.62. The molecule has 0 aromatic heterocycles. The number of aliphatic hydroxyl groups excluding tert-OH is 1.